The number of aliphatic hydroxyl groups is 1. The Labute approximate surface area is 146 Å². The Morgan fingerprint density at radius 1 is 0.792 bits per heavy atom. The van der Waals surface area contributed by atoms with Crippen molar-refractivity contribution >= 4 is 0 Å². The summed E-state index contributed by atoms with van der Waals surface area (Å²) in [6, 6.07) is 0. The third-order valence-corrected chi connectivity index (χ3v) is 9.43. The molecule has 1 spiro atoms. The van der Waals surface area contributed by atoms with E-state index in [1.54, 1.807) is 0 Å². The van der Waals surface area contributed by atoms with Crippen LogP contribution in [0, 0.1) is 34.5 Å². The average molecular weight is 335 g/mol. The maximum atomic E-state index is 10.6. The standard InChI is InChI=1S/C21H34O3/c1-19-9-10-21(23-11-12-24-21)13-14(19)3-4-15-16-5-6-18(22)20(16,2)8-7-17(15)19/h14-18,22H,3-13H2,1-2H3/t14-,15+,16-,17+,18+,19-,20+/m0/s1. The highest BCUT2D eigenvalue weighted by atomic mass is 16.7. The molecule has 4 saturated carbocycles. The van der Waals surface area contributed by atoms with Crippen LogP contribution in [0.1, 0.15) is 71.6 Å². The van der Waals surface area contributed by atoms with Gasteiger partial charge < -0.3 is 14.6 Å². The number of hydrogen-bond acceptors (Lipinski definition) is 3. The second-order valence-corrected chi connectivity index (χ2v) is 10.1. The summed E-state index contributed by atoms with van der Waals surface area (Å²) >= 11 is 0. The summed E-state index contributed by atoms with van der Waals surface area (Å²) in [6.07, 6.45) is 11.0. The van der Waals surface area contributed by atoms with E-state index in [2.05, 4.69) is 13.8 Å². The van der Waals surface area contributed by atoms with Crippen LogP contribution >= 0.6 is 0 Å². The Balaban J connectivity index is 1.41. The van der Waals surface area contributed by atoms with Gasteiger partial charge in [0.05, 0.1) is 19.3 Å². The molecule has 0 aromatic rings. The molecule has 5 aliphatic rings. The highest BCUT2D eigenvalue weighted by Gasteiger charge is 2.61. The molecule has 5 fully saturated rings. The molecule has 0 aromatic heterocycles. The second-order valence-electron chi connectivity index (χ2n) is 10.1. The van der Waals surface area contributed by atoms with Crippen molar-refractivity contribution in [1.82, 2.24) is 0 Å². The summed E-state index contributed by atoms with van der Waals surface area (Å²) in [5.41, 5.74) is 0.677. The van der Waals surface area contributed by atoms with Crippen LogP contribution in [-0.4, -0.2) is 30.2 Å². The second kappa shape index (κ2) is 5.20. The minimum atomic E-state index is -0.232. The lowest BCUT2D eigenvalue weighted by atomic mass is 9.45. The van der Waals surface area contributed by atoms with Crippen molar-refractivity contribution in [3.63, 3.8) is 0 Å². The summed E-state index contributed by atoms with van der Waals surface area (Å²) in [7, 11) is 0. The molecule has 0 amide bonds. The molecule has 5 rings (SSSR count). The molecule has 4 aliphatic carbocycles. The van der Waals surface area contributed by atoms with Gasteiger partial charge in [-0.05, 0) is 79.4 Å². The van der Waals surface area contributed by atoms with E-state index in [1.165, 1.54) is 38.5 Å². The molecule has 3 nitrogen and oxygen atoms in total. The molecule has 24 heavy (non-hydrogen) atoms. The maximum Gasteiger partial charge on any atom is 0.168 e. The van der Waals surface area contributed by atoms with E-state index in [-0.39, 0.29) is 17.3 Å². The van der Waals surface area contributed by atoms with E-state index in [4.69, 9.17) is 9.47 Å². The zero-order valence-corrected chi connectivity index (χ0v) is 15.4. The lowest BCUT2D eigenvalue weighted by Crippen LogP contribution is -2.56. The fraction of sp³-hybridized carbons (Fsp3) is 1.00. The largest absolute Gasteiger partial charge is 0.393 e. The minimum Gasteiger partial charge on any atom is -0.393 e. The SMILES string of the molecule is C[C@]12CCC3(C[C@@H]1CC[C@H]1[C@H]2CC[C@@]2(C)[C@H](O)CC[C@@H]12)OCCO3. The third kappa shape index (κ3) is 2.01. The first-order chi connectivity index (χ1) is 11.5. The van der Waals surface area contributed by atoms with Crippen LogP contribution in [0.15, 0.2) is 0 Å². The fourth-order valence-electron chi connectivity index (χ4n) is 7.93. The van der Waals surface area contributed by atoms with E-state index in [0.29, 0.717) is 5.41 Å². The smallest absolute Gasteiger partial charge is 0.168 e. The molecule has 1 saturated heterocycles. The van der Waals surface area contributed by atoms with E-state index in [1.807, 2.05) is 0 Å². The number of fused-ring (bicyclic) bond motifs is 5. The molecule has 0 bridgehead atoms. The Kier molecular flexibility index (Phi) is 3.49. The highest BCUT2D eigenvalue weighted by molar-refractivity contribution is 5.10. The molecular formula is C21H34O3. The molecule has 136 valence electrons. The molecule has 1 aliphatic heterocycles. The van der Waals surface area contributed by atoms with Crippen molar-refractivity contribution in [2.45, 2.75) is 83.5 Å². The molecule has 0 unspecified atom stereocenters. The predicted octanol–water partition coefficient (Wildman–Crippen LogP) is 4.13. The van der Waals surface area contributed by atoms with Crippen LogP contribution in [0.3, 0.4) is 0 Å². The molecular weight excluding hydrogens is 300 g/mol. The zero-order chi connectivity index (χ0) is 16.6. The van der Waals surface area contributed by atoms with Crippen molar-refractivity contribution in [2.24, 2.45) is 34.5 Å². The van der Waals surface area contributed by atoms with Gasteiger partial charge in [-0.1, -0.05) is 13.8 Å². The van der Waals surface area contributed by atoms with Gasteiger partial charge in [-0.3, -0.25) is 0 Å². The molecule has 3 heteroatoms. The van der Waals surface area contributed by atoms with Crippen LogP contribution in [0.25, 0.3) is 0 Å². The first-order valence-electron chi connectivity index (χ1n) is 10.4. The maximum absolute atomic E-state index is 10.6. The Morgan fingerprint density at radius 3 is 2.33 bits per heavy atom. The molecule has 0 radical (unpaired) electrons. The zero-order valence-electron chi connectivity index (χ0n) is 15.4. The van der Waals surface area contributed by atoms with E-state index in [9.17, 15) is 5.11 Å². The summed E-state index contributed by atoms with van der Waals surface area (Å²) < 4.78 is 12.1. The van der Waals surface area contributed by atoms with Gasteiger partial charge in [0.2, 0.25) is 0 Å². The van der Waals surface area contributed by atoms with Crippen molar-refractivity contribution in [1.29, 1.82) is 0 Å². The lowest BCUT2D eigenvalue weighted by molar-refractivity contribution is -0.230. The monoisotopic (exact) mass is 334 g/mol. The Morgan fingerprint density at radius 2 is 1.54 bits per heavy atom. The predicted molar refractivity (Wildman–Crippen MR) is 92.4 cm³/mol. The van der Waals surface area contributed by atoms with Crippen molar-refractivity contribution in [3.05, 3.63) is 0 Å². The molecule has 0 aromatic carbocycles. The van der Waals surface area contributed by atoms with Crippen LogP contribution in [0.2, 0.25) is 0 Å². The highest BCUT2D eigenvalue weighted by Crippen LogP contribution is 2.67. The summed E-state index contributed by atoms with van der Waals surface area (Å²) in [4.78, 5) is 0. The van der Waals surface area contributed by atoms with E-state index < -0.39 is 0 Å². The Hall–Kier alpha value is -0.120. The van der Waals surface area contributed by atoms with Gasteiger partial charge in [-0.2, -0.15) is 0 Å². The van der Waals surface area contributed by atoms with Gasteiger partial charge in [0.15, 0.2) is 5.79 Å². The lowest BCUT2D eigenvalue weighted by Gasteiger charge is -2.61. The van der Waals surface area contributed by atoms with Crippen LogP contribution in [0.4, 0.5) is 0 Å². The average Bonchev–Trinajstić information content (AvgIpc) is 3.14. The van der Waals surface area contributed by atoms with Crippen LogP contribution < -0.4 is 0 Å². The summed E-state index contributed by atoms with van der Waals surface area (Å²) in [5, 5.41) is 10.6. The normalized spacial score (nSPS) is 55.9. The fourth-order valence-corrected chi connectivity index (χ4v) is 7.93. The van der Waals surface area contributed by atoms with Crippen molar-refractivity contribution in [2.75, 3.05) is 13.2 Å². The first kappa shape index (κ1) is 16.1. The topological polar surface area (TPSA) is 38.7 Å². The van der Waals surface area contributed by atoms with Crippen LogP contribution in [-0.2, 0) is 9.47 Å². The van der Waals surface area contributed by atoms with Gasteiger partial charge in [-0.25, -0.2) is 0 Å². The number of aliphatic hydroxyl groups excluding tert-OH is 1. The third-order valence-electron chi connectivity index (χ3n) is 9.43. The summed E-state index contributed by atoms with van der Waals surface area (Å²) in [5.74, 6) is 3.00. The Bertz CT molecular complexity index is 513. The minimum absolute atomic E-state index is 0.0520. The quantitative estimate of drug-likeness (QED) is 0.724. The summed E-state index contributed by atoms with van der Waals surface area (Å²) in [6.45, 7) is 6.54. The van der Waals surface area contributed by atoms with E-state index in [0.717, 1.165) is 56.1 Å². The van der Waals surface area contributed by atoms with Crippen molar-refractivity contribution < 1.29 is 14.6 Å². The number of rotatable bonds is 0. The van der Waals surface area contributed by atoms with Gasteiger partial charge >= 0.3 is 0 Å². The molecule has 1 N–H and O–H groups in total. The first-order valence-corrected chi connectivity index (χ1v) is 10.4. The number of hydrogen-bond donors (Lipinski definition) is 1. The molecule has 1 heterocycles. The number of ether oxygens (including phenoxy) is 2. The van der Waals surface area contributed by atoms with Crippen LogP contribution in [0.5, 0.6) is 0 Å². The molecule has 7 atom stereocenters. The van der Waals surface area contributed by atoms with Crippen molar-refractivity contribution in [3.8, 4) is 0 Å². The van der Waals surface area contributed by atoms with Gasteiger partial charge in [-0.15, -0.1) is 0 Å². The van der Waals surface area contributed by atoms with Gasteiger partial charge in [0, 0.05) is 12.8 Å². The van der Waals surface area contributed by atoms with Gasteiger partial charge in [0.25, 0.3) is 0 Å². The van der Waals surface area contributed by atoms with E-state index >= 15 is 0 Å². The van der Waals surface area contributed by atoms with Gasteiger partial charge in [0.1, 0.15) is 0 Å².